The molecule has 3 aromatic carbocycles. The summed E-state index contributed by atoms with van der Waals surface area (Å²) in [6, 6.07) is 28.7. The zero-order chi connectivity index (χ0) is 33.5. The molecular formula is C38H50O7SSi. The molecule has 0 aliphatic carbocycles. The van der Waals surface area contributed by atoms with E-state index in [1.165, 1.54) is 5.41 Å². The fraction of sp³-hybridized carbons (Fsp3) is 0.474. The first kappa shape index (κ1) is 35.7. The van der Waals surface area contributed by atoms with Gasteiger partial charge in [-0.25, -0.2) is 8.42 Å². The van der Waals surface area contributed by atoms with Crippen molar-refractivity contribution in [2.75, 3.05) is 6.61 Å². The van der Waals surface area contributed by atoms with Crippen LogP contribution < -0.4 is 0 Å². The van der Waals surface area contributed by atoms with E-state index in [0.717, 1.165) is 11.1 Å². The quantitative estimate of drug-likeness (QED) is 0.170. The van der Waals surface area contributed by atoms with Crippen LogP contribution in [0.25, 0.3) is 0 Å². The van der Waals surface area contributed by atoms with Gasteiger partial charge in [0.15, 0.2) is 18.2 Å². The van der Waals surface area contributed by atoms with E-state index in [0.29, 0.717) is 39.1 Å². The summed E-state index contributed by atoms with van der Waals surface area (Å²) in [5.41, 5.74) is 2.20. The van der Waals surface area contributed by atoms with Gasteiger partial charge in [0.1, 0.15) is 6.10 Å². The summed E-state index contributed by atoms with van der Waals surface area (Å²) in [5.74, 6) is 0. The fourth-order valence-electron chi connectivity index (χ4n) is 5.83. The monoisotopic (exact) mass is 678 g/mol. The van der Waals surface area contributed by atoms with Gasteiger partial charge < -0.3 is 23.4 Å². The highest BCUT2D eigenvalue weighted by Crippen LogP contribution is 2.42. The molecule has 2 aliphatic heterocycles. The van der Waals surface area contributed by atoms with Crippen LogP contribution >= 0.6 is 0 Å². The lowest BCUT2D eigenvalue weighted by molar-refractivity contribution is -0.256. The second kappa shape index (κ2) is 15.7. The predicted molar refractivity (Wildman–Crippen MR) is 187 cm³/mol. The molecule has 0 radical (unpaired) electrons. The maximum atomic E-state index is 13.0. The molecule has 7 nitrogen and oxygen atoms in total. The summed E-state index contributed by atoms with van der Waals surface area (Å²) in [4.78, 5) is 0.273. The Morgan fingerprint density at radius 2 is 1.30 bits per heavy atom. The van der Waals surface area contributed by atoms with Gasteiger partial charge in [-0.3, -0.25) is 0 Å². The van der Waals surface area contributed by atoms with Gasteiger partial charge in [-0.1, -0.05) is 106 Å². The van der Waals surface area contributed by atoms with E-state index >= 15 is 0 Å². The molecule has 254 valence electrons. The number of rotatable bonds is 13. The van der Waals surface area contributed by atoms with Crippen molar-refractivity contribution in [2.24, 2.45) is 0 Å². The maximum Gasteiger partial charge on any atom is 0.199 e. The lowest BCUT2D eigenvalue weighted by Gasteiger charge is -2.50. The van der Waals surface area contributed by atoms with E-state index in [2.05, 4.69) is 58.1 Å². The van der Waals surface area contributed by atoms with Gasteiger partial charge in [0, 0.05) is 18.2 Å². The van der Waals surface area contributed by atoms with Gasteiger partial charge in [-0.05, 0) is 47.8 Å². The van der Waals surface area contributed by atoms with E-state index in [4.69, 9.17) is 23.4 Å². The molecule has 0 unspecified atom stereocenters. The highest BCUT2D eigenvalue weighted by Gasteiger charge is 2.49. The van der Waals surface area contributed by atoms with E-state index in [1.54, 1.807) is 36.4 Å². The van der Waals surface area contributed by atoms with Gasteiger partial charge in [0.25, 0.3) is 0 Å². The van der Waals surface area contributed by atoms with Crippen molar-refractivity contribution in [1.82, 2.24) is 0 Å². The van der Waals surface area contributed by atoms with Gasteiger partial charge in [-0.2, -0.15) is 0 Å². The van der Waals surface area contributed by atoms with Crippen molar-refractivity contribution < 1.29 is 31.8 Å². The van der Waals surface area contributed by atoms with Crippen LogP contribution in [0.3, 0.4) is 0 Å². The molecule has 5 rings (SSSR count). The van der Waals surface area contributed by atoms with Crippen molar-refractivity contribution >= 4 is 18.2 Å². The molecule has 2 saturated heterocycles. The molecule has 0 saturated carbocycles. The highest BCUT2D eigenvalue weighted by atomic mass is 32.2. The smallest absolute Gasteiger partial charge is 0.199 e. The number of hydrogen-bond donors (Lipinski definition) is 0. The molecule has 6 atom stereocenters. The van der Waals surface area contributed by atoms with Gasteiger partial charge in [0.05, 0.1) is 55.2 Å². The summed E-state index contributed by atoms with van der Waals surface area (Å²) in [6.07, 6.45) is 1.94. The largest absolute Gasteiger partial charge is 0.411 e. The Hall–Kier alpha value is -2.63. The Morgan fingerprint density at radius 1 is 0.766 bits per heavy atom. The molecule has 0 amide bonds. The number of sulfone groups is 1. The lowest BCUT2D eigenvalue weighted by Crippen LogP contribution is -2.59. The first-order chi connectivity index (χ1) is 22.4. The number of ether oxygens (including phenoxy) is 4. The minimum atomic E-state index is -3.57. The zero-order valence-electron chi connectivity index (χ0n) is 28.3. The first-order valence-electron chi connectivity index (χ1n) is 16.6. The van der Waals surface area contributed by atoms with E-state index in [9.17, 15) is 8.42 Å². The topological polar surface area (TPSA) is 80.3 Å². The van der Waals surface area contributed by atoms with Gasteiger partial charge >= 0.3 is 0 Å². The molecule has 3 aromatic rings. The van der Waals surface area contributed by atoms with Crippen LogP contribution in [0.15, 0.2) is 107 Å². The lowest BCUT2D eigenvalue weighted by atomic mass is 9.89. The third kappa shape index (κ3) is 9.72. The Balaban J connectivity index is 1.33. The van der Waals surface area contributed by atoms with Crippen LogP contribution in [-0.2, 0) is 46.4 Å². The average molecular weight is 679 g/mol. The zero-order valence-corrected chi connectivity index (χ0v) is 30.1. The molecular weight excluding hydrogens is 629 g/mol. The molecule has 47 heavy (non-hydrogen) atoms. The van der Waals surface area contributed by atoms with Crippen LogP contribution in [0.5, 0.6) is 0 Å². The van der Waals surface area contributed by atoms with Crippen molar-refractivity contribution in [3.63, 3.8) is 0 Å². The van der Waals surface area contributed by atoms with Crippen molar-refractivity contribution in [1.29, 1.82) is 0 Å². The molecule has 0 spiro atoms. The van der Waals surface area contributed by atoms with E-state index in [-0.39, 0.29) is 46.6 Å². The summed E-state index contributed by atoms with van der Waals surface area (Å²) < 4.78 is 59.2. The average Bonchev–Trinajstić information content (AvgIpc) is 3.05. The van der Waals surface area contributed by atoms with Gasteiger partial charge in [0.2, 0.25) is 0 Å². The van der Waals surface area contributed by atoms with E-state index in [1.807, 2.05) is 36.4 Å². The van der Waals surface area contributed by atoms with Crippen LogP contribution in [0, 0.1) is 0 Å². The van der Waals surface area contributed by atoms with Crippen LogP contribution in [0.1, 0.15) is 51.2 Å². The Labute approximate surface area is 282 Å². The SMILES string of the molecule is CC(C)(C)[Si](C)(C)O[C@@H]1C[C@@H]2O[C@H](COCc3ccccc3)[C@@H](OCc3ccccc3)C[C@H]2O[C@H]1C/C=C/S(=O)(=O)c1ccccc1. The number of fused-ring (bicyclic) bond motifs is 1. The molecule has 2 aliphatic rings. The second-order valence-electron chi connectivity index (χ2n) is 14.1. The molecule has 0 aromatic heterocycles. The Kier molecular flexibility index (Phi) is 11.9. The van der Waals surface area contributed by atoms with Gasteiger partial charge in [-0.15, -0.1) is 0 Å². The first-order valence-corrected chi connectivity index (χ1v) is 21.1. The second-order valence-corrected chi connectivity index (χ2v) is 20.7. The highest BCUT2D eigenvalue weighted by molar-refractivity contribution is 7.94. The summed E-state index contributed by atoms with van der Waals surface area (Å²) >= 11 is 0. The predicted octanol–water partition coefficient (Wildman–Crippen LogP) is 7.87. The Morgan fingerprint density at radius 3 is 1.89 bits per heavy atom. The standard InChI is InChI=1S/C38H50O7SSi/c1-38(2,3)47(4,5)45-36-25-35-34(43-32(36)22-15-23-46(39,40)31-20-13-8-14-21-31)24-33(42-27-30-18-11-7-12-19-30)37(44-35)28-41-26-29-16-9-6-10-17-29/h6-21,23,32-37H,22,24-28H2,1-5H3/b23-15+/t32-,33-,34+,35-,36+,37+/m0/s1. The fourth-order valence-corrected chi connectivity index (χ4v) is 8.25. The third-order valence-electron chi connectivity index (χ3n) is 9.54. The number of benzene rings is 3. The molecule has 9 heteroatoms. The van der Waals surface area contributed by atoms with Crippen molar-refractivity contribution in [3.05, 3.63) is 114 Å². The molecule has 2 heterocycles. The summed E-state index contributed by atoms with van der Waals surface area (Å²) in [5, 5.41) is 1.29. The van der Waals surface area contributed by atoms with Crippen molar-refractivity contribution in [3.8, 4) is 0 Å². The molecule has 2 fully saturated rings. The summed E-state index contributed by atoms with van der Waals surface area (Å²) in [7, 11) is -5.75. The summed E-state index contributed by atoms with van der Waals surface area (Å²) in [6.45, 7) is 12.5. The van der Waals surface area contributed by atoms with Crippen LogP contribution in [0.4, 0.5) is 0 Å². The third-order valence-corrected chi connectivity index (χ3v) is 15.5. The molecule has 0 N–H and O–H groups in total. The van der Waals surface area contributed by atoms with Crippen molar-refractivity contribution in [2.45, 2.75) is 113 Å². The Bertz CT molecular complexity index is 1520. The molecule has 0 bridgehead atoms. The van der Waals surface area contributed by atoms with Crippen LogP contribution in [-0.4, -0.2) is 60.0 Å². The minimum Gasteiger partial charge on any atom is -0.411 e. The van der Waals surface area contributed by atoms with Crippen LogP contribution in [0.2, 0.25) is 18.1 Å². The minimum absolute atomic E-state index is 0.00149. The van der Waals surface area contributed by atoms with E-state index < -0.39 is 18.2 Å². The maximum absolute atomic E-state index is 13.0. The normalized spacial score (nSPS) is 25.5. The number of hydrogen-bond acceptors (Lipinski definition) is 7.